The lowest BCUT2D eigenvalue weighted by Crippen LogP contribution is -2.23. The first-order valence-corrected chi connectivity index (χ1v) is 21.3. The van der Waals surface area contributed by atoms with Crippen molar-refractivity contribution in [3.05, 3.63) is 210 Å². The molecule has 7 aromatic carbocycles. The van der Waals surface area contributed by atoms with Crippen LogP contribution in [0.4, 0.5) is 50.9 Å². The summed E-state index contributed by atoms with van der Waals surface area (Å²) in [7, 11) is 0. The summed E-state index contributed by atoms with van der Waals surface area (Å²) in [4.78, 5) is 25.1. The lowest BCUT2D eigenvalue weighted by atomic mass is 10.1. The molecule has 0 aliphatic rings. The van der Waals surface area contributed by atoms with Crippen LogP contribution in [0.25, 0.3) is 0 Å². The number of hydrogen-bond acceptors (Lipinski definition) is 9. The minimum Gasteiger partial charge on any atom is -0.478 e. The highest BCUT2D eigenvalue weighted by Gasteiger charge is 2.33. The molecular weight excluding hydrogens is 968 g/mol. The standard InChI is InChI=1S/C30H23F6NO5.C22H18F3NO4/c31-29(32,33)41-25-10-4-6-20(16-25)18-37(19-21-7-5-11-26(17-21)42-30(34,35)36)23-12-14-24(15-13-23)40-27(28(38)39)22-8-2-1-3-9-22;23-22(24,25)30-19-8-4-5-15(13-19)14-26-17-9-11-18(12-10-17)29-20(21(27)28)16-6-2-1-3-7-16/h1-17,27H,18-19H2,(H,38,39);1-13,20,26H,14H2,(H,27,28). The molecule has 0 saturated carbocycles. The molecule has 0 saturated heterocycles. The Bertz CT molecular complexity index is 2770. The first-order valence-electron chi connectivity index (χ1n) is 21.3. The topological polar surface area (TPSA) is 136 Å². The molecular formula is C52H41F9N2O9. The van der Waals surface area contributed by atoms with E-state index >= 15 is 0 Å². The summed E-state index contributed by atoms with van der Waals surface area (Å²) < 4.78 is 137. The van der Waals surface area contributed by atoms with Crippen LogP contribution in [-0.2, 0) is 29.2 Å². The summed E-state index contributed by atoms with van der Waals surface area (Å²) in [6.45, 7) is 0.361. The predicted molar refractivity (Wildman–Crippen MR) is 244 cm³/mol. The summed E-state index contributed by atoms with van der Waals surface area (Å²) in [6.07, 6.45) is -16.9. The van der Waals surface area contributed by atoms with Crippen LogP contribution < -0.4 is 33.9 Å². The number of alkyl halides is 9. The maximum Gasteiger partial charge on any atom is 0.573 e. The zero-order chi connectivity index (χ0) is 51.9. The molecule has 20 heteroatoms. The van der Waals surface area contributed by atoms with Gasteiger partial charge in [-0.05, 0) is 102 Å². The fourth-order valence-corrected chi connectivity index (χ4v) is 6.85. The molecule has 0 aromatic heterocycles. The second-order valence-corrected chi connectivity index (χ2v) is 15.3. The fourth-order valence-electron chi connectivity index (χ4n) is 6.85. The number of halogens is 9. The number of aliphatic carboxylic acids is 2. The van der Waals surface area contributed by atoms with Gasteiger partial charge in [-0.3, -0.25) is 0 Å². The van der Waals surface area contributed by atoms with E-state index in [0.29, 0.717) is 44.9 Å². The molecule has 2 atom stereocenters. The minimum atomic E-state index is -4.89. The van der Waals surface area contributed by atoms with E-state index < -0.39 is 54.7 Å². The van der Waals surface area contributed by atoms with Crippen molar-refractivity contribution in [2.24, 2.45) is 0 Å². The van der Waals surface area contributed by atoms with E-state index in [1.54, 1.807) is 120 Å². The minimum absolute atomic E-state index is 0.0430. The molecule has 2 unspecified atom stereocenters. The van der Waals surface area contributed by atoms with E-state index in [9.17, 15) is 59.3 Å². The summed E-state index contributed by atoms with van der Waals surface area (Å²) in [5.74, 6) is -2.84. The van der Waals surface area contributed by atoms with Gasteiger partial charge >= 0.3 is 31.0 Å². The molecule has 3 N–H and O–H groups in total. The Balaban J connectivity index is 0.000000249. The maximum absolute atomic E-state index is 12.8. The predicted octanol–water partition coefficient (Wildman–Crippen LogP) is 13.3. The van der Waals surface area contributed by atoms with E-state index in [2.05, 4.69) is 19.5 Å². The Hall–Kier alpha value is -8.55. The molecule has 0 spiro atoms. The van der Waals surface area contributed by atoms with Crippen molar-refractivity contribution >= 4 is 23.3 Å². The van der Waals surface area contributed by atoms with Gasteiger partial charge in [-0.1, -0.05) is 97.1 Å². The van der Waals surface area contributed by atoms with Gasteiger partial charge < -0.3 is 44.1 Å². The third-order valence-electron chi connectivity index (χ3n) is 9.86. The van der Waals surface area contributed by atoms with Gasteiger partial charge in [0.25, 0.3) is 0 Å². The number of ether oxygens (including phenoxy) is 5. The smallest absolute Gasteiger partial charge is 0.478 e. The van der Waals surface area contributed by atoms with Crippen LogP contribution in [0.5, 0.6) is 28.7 Å². The summed E-state index contributed by atoms with van der Waals surface area (Å²) in [5, 5.41) is 22.2. The molecule has 11 nitrogen and oxygen atoms in total. The normalized spacial score (nSPS) is 12.2. The highest BCUT2D eigenvalue weighted by atomic mass is 19.4. The van der Waals surface area contributed by atoms with Crippen LogP contribution in [0.15, 0.2) is 182 Å². The zero-order valence-corrected chi connectivity index (χ0v) is 37.2. The van der Waals surface area contributed by atoms with Crippen molar-refractivity contribution in [1.29, 1.82) is 0 Å². The molecule has 0 heterocycles. The number of benzene rings is 7. The second-order valence-electron chi connectivity index (χ2n) is 15.3. The number of nitrogens with zero attached hydrogens (tertiary/aromatic N) is 1. The number of hydrogen-bond donors (Lipinski definition) is 3. The molecule has 376 valence electrons. The quantitative estimate of drug-likeness (QED) is 0.0668. The van der Waals surface area contributed by atoms with Crippen LogP contribution in [0.3, 0.4) is 0 Å². The summed E-state index contributed by atoms with van der Waals surface area (Å²) in [5.41, 5.74) is 3.62. The number of carboxylic acids is 2. The molecule has 72 heavy (non-hydrogen) atoms. The van der Waals surface area contributed by atoms with Crippen molar-refractivity contribution in [3.8, 4) is 28.7 Å². The molecule has 0 aliphatic carbocycles. The lowest BCUT2D eigenvalue weighted by Gasteiger charge is -2.26. The van der Waals surface area contributed by atoms with Gasteiger partial charge in [-0.2, -0.15) is 0 Å². The lowest BCUT2D eigenvalue weighted by molar-refractivity contribution is -0.275. The van der Waals surface area contributed by atoms with Crippen LogP contribution in [0, 0.1) is 0 Å². The van der Waals surface area contributed by atoms with Gasteiger partial charge in [0.15, 0.2) is 0 Å². The molecule has 7 aromatic rings. The van der Waals surface area contributed by atoms with Crippen LogP contribution in [-0.4, -0.2) is 41.2 Å². The van der Waals surface area contributed by atoms with Gasteiger partial charge in [-0.25, -0.2) is 9.59 Å². The summed E-state index contributed by atoms with van der Waals surface area (Å²) in [6, 6.07) is 46.1. The van der Waals surface area contributed by atoms with E-state index in [0.717, 1.165) is 12.1 Å². The van der Waals surface area contributed by atoms with Gasteiger partial charge in [0.1, 0.15) is 28.7 Å². The Morgan fingerprint density at radius 1 is 0.444 bits per heavy atom. The zero-order valence-electron chi connectivity index (χ0n) is 37.2. The molecule has 0 radical (unpaired) electrons. The first kappa shape index (κ1) is 52.8. The first-order chi connectivity index (χ1) is 34.1. The third-order valence-corrected chi connectivity index (χ3v) is 9.86. The van der Waals surface area contributed by atoms with Gasteiger partial charge in [-0.15, -0.1) is 39.5 Å². The Morgan fingerprint density at radius 2 is 0.806 bits per heavy atom. The van der Waals surface area contributed by atoms with Gasteiger partial charge in [0.2, 0.25) is 12.2 Å². The highest BCUT2D eigenvalue weighted by molar-refractivity contribution is 5.75. The van der Waals surface area contributed by atoms with Crippen molar-refractivity contribution in [3.63, 3.8) is 0 Å². The van der Waals surface area contributed by atoms with Gasteiger partial charge in [0.05, 0.1) is 0 Å². The van der Waals surface area contributed by atoms with Crippen molar-refractivity contribution in [2.75, 3.05) is 10.2 Å². The number of rotatable bonds is 19. The van der Waals surface area contributed by atoms with Crippen molar-refractivity contribution in [2.45, 2.75) is 50.9 Å². The largest absolute Gasteiger partial charge is 0.573 e. The highest BCUT2D eigenvalue weighted by Crippen LogP contribution is 2.31. The second kappa shape index (κ2) is 23.8. The molecule has 0 fully saturated rings. The summed E-state index contributed by atoms with van der Waals surface area (Å²) >= 11 is 0. The Labute approximate surface area is 405 Å². The van der Waals surface area contributed by atoms with Gasteiger partial charge in [0, 0.05) is 42.1 Å². The number of carboxylic acid groups (broad SMARTS) is 2. The van der Waals surface area contributed by atoms with Crippen LogP contribution in [0.2, 0.25) is 0 Å². The molecule has 0 bridgehead atoms. The van der Waals surface area contributed by atoms with Crippen LogP contribution >= 0.6 is 0 Å². The molecule has 0 amide bonds. The van der Waals surface area contributed by atoms with Crippen molar-refractivity contribution < 1.29 is 83.0 Å². The maximum atomic E-state index is 12.8. The monoisotopic (exact) mass is 1010 g/mol. The third kappa shape index (κ3) is 17.4. The number of nitrogens with one attached hydrogen (secondary N) is 1. The van der Waals surface area contributed by atoms with Crippen molar-refractivity contribution in [1.82, 2.24) is 0 Å². The number of anilines is 2. The fraction of sp³-hybridized carbons (Fsp3) is 0.154. The van der Waals surface area contributed by atoms with E-state index in [1.165, 1.54) is 54.6 Å². The Morgan fingerprint density at radius 3 is 1.18 bits per heavy atom. The number of carbonyl (C=O) groups is 2. The van der Waals surface area contributed by atoms with E-state index in [4.69, 9.17) is 9.47 Å². The molecule has 7 rings (SSSR count). The average Bonchev–Trinajstić information content (AvgIpc) is 3.31. The SMILES string of the molecule is O=C(O)C(Oc1ccc(N(Cc2cccc(OC(F)(F)F)c2)Cc2cccc(OC(F)(F)F)c2)cc1)c1ccccc1.O=C(O)C(Oc1ccc(NCc2cccc(OC(F)(F)F)c2)cc1)c1ccccc1. The van der Waals surface area contributed by atoms with E-state index in [-0.39, 0.29) is 31.1 Å². The van der Waals surface area contributed by atoms with Crippen LogP contribution in [0.1, 0.15) is 40.0 Å². The molecule has 0 aliphatic heterocycles. The van der Waals surface area contributed by atoms with E-state index in [1.807, 2.05) is 0 Å². The Kier molecular flexibility index (Phi) is 17.5. The average molecular weight is 1010 g/mol.